The Labute approximate surface area is 108 Å². The van der Waals surface area contributed by atoms with Crippen molar-refractivity contribution >= 4 is 11.5 Å². The Morgan fingerprint density at radius 2 is 1.84 bits per heavy atom. The number of aliphatic hydroxyl groups is 3. The van der Waals surface area contributed by atoms with Gasteiger partial charge in [0, 0.05) is 18.1 Å². The lowest BCUT2D eigenvalue weighted by Gasteiger charge is -2.19. The Hall–Kier alpha value is -2.47. The molecule has 0 saturated carbocycles. The highest BCUT2D eigenvalue weighted by Crippen LogP contribution is 2.32. The Balaban J connectivity index is 2.54. The summed E-state index contributed by atoms with van der Waals surface area (Å²) >= 11 is 0. The molecule has 0 spiro atoms. The average molecular weight is 264 g/mol. The van der Waals surface area contributed by atoms with Gasteiger partial charge in [-0.05, 0) is 18.2 Å². The lowest BCUT2D eigenvalue weighted by atomic mass is 9.93. The number of rotatable bonds is 1. The third kappa shape index (κ3) is 2.38. The van der Waals surface area contributed by atoms with E-state index in [1.165, 1.54) is 6.07 Å². The summed E-state index contributed by atoms with van der Waals surface area (Å²) in [5.41, 5.74) is -0.0941. The van der Waals surface area contributed by atoms with Gasteiger partial charge in [-0.25, -0.2) is 0 Å². The quantitative estimate of drug-likeness (QED) is 0.383. The van der Waals surface area contributed by atoms with Crippen LogP contribution in [0, 0.1) is 0 Å². The van der Waals surface area contributed by atoms with Gasteiger partial charge in [0.2, 0.25) is 0 Å². The molecular formula is C13H12O6. The molecule has 100 valence electrons. The van der Waals surface area contributed by atoms with E-state index in [0.717, 1.165) is 18.2 Å². The minimum atomic E-state index is -1.33. The van der Waals surface area contributed by atoms with Gasteiger partial charge in [-0.15, -0.1) is 0 Å². The van der Waals surface area contributed by atoms with Crippen LogP contribution < -0.4 is 0 Å². The SMILES string of the molecule is O=C1C=C(O)C(=C(O)c2ccc(O)c(O)c2)C(O)C1. The molecule has 6 heteroatoms. The third-order valence-electron chi connectivity index (χ3n) is 2.81. The Morgan fingerprint density at radius 1 is 1.16 bits per heavy atom. The van der Waals surface area contributed by atoms with E-state index in [0.29, 0.717) is 0 Å². The van der Waals surface area contributed by atoms with Crippen molar-refractivity contribution in [1.82, 2.24) is 0 Å². The van der Waals surface area contributed by atoms with Crippen LogP contribution in [0.25, 0.3) is 5.76 Å². The van der Waals surface area contributed by atoms with Gasteiger partial charge in [0.25, 0.3) is 0 Å². The molecule has 0 aromatic heterocycles. The zero-order chi connectivity index (χ0) is 14.2. The number of carbonyl (C=O) groups excluding carboxylic acids is 1. The number of allylic oxidation sites excluding steroid dienone is 1. The molecule has 0 amide bonds. The Morgan fingerprint density at radius 3 is 2.42 bits per heavy atom. The van der Waals surface area contributed by atoms with Gasteiger partial charge in [0.05, 0.1) is 11.7 Å². The van der Waals surface area contributed by atoms with Gasteiger partial charge in [-0.1, -0.05) is 0 Å². The summed E-state index contributed by atoms with van der Waals surface area (Å²) in [7, 11) is 0. The van der Waals surface area contributed by atoms with Gasteiger partial charge in [-0.2, -0.15) is 0 Å². The number of benzene rings is 1. The van der Waals surface area contributed by atoms with Crippen LogP contribution in [0.3, 0.4) is 0 Å². The fourth-order valence-corrected chi connectivity index (χ4v) is 1.86. The molecule has 0 fully saturated rings. The van der Waals surface area contributed by atoms with Crippen molar-refractivity contribution in [3.63, 3.8) is 0 Å². The highest BCUT2D eigenvalue weighted by Gasteiger charge is 2.28. The van der Waals surface area contributed by atoms with Gasteiger partial charge < -0.3 is 25.5 Å². The van der Waals surface area contributed by atoms with E-state index < -0.39 is 29.2 Å². The molecule has 2 rings (SSSR count). The molecule has 1 aromatic rings. The zero-order valence-electron chi connectivity index (χ0n) is 9.74. The number of phenolic OH excluding ortho intramolecular Hbond substituents is 2. The summed E-state index contributed by atoms with van der Waals surface area (Å²) < 4.78 is 0. The van der Waals surface area contributed by atoms with E-state index in [4.69, 9.17) is 0 Å². The lowest BCUT2D eigenvalue weighted by Crippen LogP contribution is -2.23. The smallest absolute Gasteiger partial charge is 0.162 e. The Bertz CT molecular complexity index is 599. The highest BCUT2D eigenvalue weighted by atomic mass is 16.3. The van der Waals surface area contributed by atoms with E-state index in [1.807, 2.05) is 0 Å². The van der Waals surface area contributed by atoms with Crippen molar-refractivity contribution in [2.24, 2.45) is 0 Å². The predicted molar refractivity (Wildman–Crippen MR) is 65.7 cm³/mol. The Kier molecular flexibility index (Phi) is 3.18. The molecule has 1 aromatic carbocycles. The summed E-state index contributed by atoms with van der Waals surface area (Å²) in [5, 5.41) is 47.8. The van der Waals surface area contributed by atoms with Crippen LogP contribution >= 0.6 is 0 Å². The molecule has 19 heavy (non-hydrogen) atoms. The summed E-state index contributed by atoms with van der Waals surface area (Å²) in [6, 6.07) is 3.53. The molecule has 5 N–H and O–H groups in total. The number of carbonyl (C=O) groups is 1. The molecule has 6 nitrogen and oxygen atoms in total. The highest BCUT2D eigenvalue weighted by molar-refractivity contribution is 5.94. The lowest BCUT2D eigenvalue weighted by molar-refractivity contribution is -0.116. The minimum absolute atomic E-state index is 0.0960. The second kappa shape index (κ2) is 4.66. The van der Waals surface area contributed by atoms with Crippen LogP contribution in [-0.2, 0) is 4.79 Å². The number of aliphatic hydroxyl groups excluding tert-OH is 3. The fourth-order valence-electron chi connectivity index (χ4n) is 1.86. The van der Waals surface area contributed by atoms with Gasteiger partial charge >= 0.3 is 0 Å². The molecule has 0 aliphatic heterocycles. The van der Waals surface area contributed by atoms with E-state index in [1.54, 1.807) is 0 Å². The first-order valence-corrected chi connectivity index (χ1v) is 5.47. The maximum absolute atomic E-state index is 11.1. The first-order valence-electron chi connectivity index (χ1n) is 5.47. The van der Waals surface area contributed by atoms with Crippen LogP contribution in [-0.4, -0.2) is 37.4 Å². The molecule has 0 bridgehead atoms. The van der Waals surface area contributed by atoms with Crippen LogP contribution in [0.1, 0.15) is 12.0 Å². The molecular weight excluding hydrogens is 252 g/mol. The normalized spacial score (nSPS) is 22.1. The molecule has 0 radical (unpaired) electrons. The standard InChI is InChI=1S/C13H12O6/c14-7-4-10(17)12(11(18)5-7)13(19)6-1-2-8(15)9(16)3-6/h1-4,11,15-19H,5H2. The molecule has 0 heterocycles. The number of aromatic hydroxyl groups is 2. The van der Waals surface area contributed by atoms with Crippen LogP contribution in [0.15, 0.2) is 35.6 Å². The fraction of sp³-hybridized carbons (Fsp3) is 0.154. The number of phenols is 2. The van der Waals surface area contributed by atoms with Crippen LogP contribution in [0.2, 0.25) is 0 Å². The first-order chi connectivity index (χ1) is 8.90. The van der Waals surface area contributed by atoms with Crippen molar-refractivity contribution in [2.75, 3.05) is 0 Å². The van der Waals surface area contributed by atoms with Crippen molar-refractivity contribution in [3.05, 3.63) is 41.2 Å². The van der Waals surface area contributed by atoms with Crippen molar-refractivity contribution < 1.29 is 30.3 Å². The predicted octanol–water partition coefficient (Wildman–Crippen LogP) is 1.14. The van der Waals surface area contributed by atoms with E-state index in [2.05, 4.69) is 0 Å². The van der Waals surface area contributed by atoms with Gasteiger partial charge in [0.1, 0.15) is 11.5 Å². The second-order valence-corrected chi connectivity index (χ2v) is 4.18. The second-order valence-electron chi connectivity index (χ2n) is 4.18. The zero-order valence-corrected chi connectivity index (χ0v) is 9.74. The van der Waals surface area contributed by atoms with E-state index in [9.17, 15) is 30.3 Å². The van der Waals surface area contributed by atoms with Gasteiger partial charge in [-0.3, -0.25) is 4.79 Å². The van der Waals surface area contributed by atoms with Crippen molar-refractivity contribution in [2.45, 2.75) is 12.5 Å². The number of ketones is 1. The van der Waals surface area contributed by atoms with Crippen molar-refractivity contribution in [1.29, 1.82) is 0 Å². The monoisotopic (exact) mass is 264 g/mol. The topological polar surface area (TPSA) is 118 Å². The average Bonchev–Trinajstić information content (AvgIpc) is 2.31. The van der Waals surface area contributed by atoms with Gasteiger partial charge in [0.15, 0.2) is 17.3 Å². The largest absolute Gasteiger partial charge is 0.507 e. The third-order valence-corrected chi connectivity index (χ3v) is 2.81. The summed E-state index contributed by atoms with van der Waals surface area (Å²) in [6.07, 6.45) is -0.653. The maximum Gasteiger partial charge on any atom is 0.162 e. The van der Waals surface area contributed by atoms with E-state index in [-0.39, 0.29) is 23.3 Å². The molecule has 1 aliphatic carbocycles. The number of hydrogen-bond acceptors (Lipinski definition) is 6. The molecule has 1 aliphatic rings. The van der Waals surface area contributed by atoms with E-state index >= 15 is 0 Å². The molecule has 0 saturated heterocycles. The van der Waals surface area contributed by atoms with Crippen LogP contribution in [0.5, 0.6) is 11.5 Å². The summed E-state index contributed by atoms with van der Waals surface area (Å²) in [5.74, 6) is -2.25. The summed E-state index contributed by atoms with van der Waals surface area (Å²) in [4.78, 5) is 11.1. The number of hydrogen-bond donors (Lipinski definition) is 5. The first kappa shape index (κ1) is 13.0. The molecule has 1 unspecified atom stereocenters. The maximum atomic E-state index is 11.1. The van der Waals surface area contributed by atoms with Crippen LogP contribution in [0.4, 0.5) is 0 Å². The van der Waals surface area contributed by atoms with Crippen molar-refractivity contribution in [3.8, 4) is 11.5 Å². The summed E-state index contributed by atoms with van der Waals surface area (Å²) in [6.45, 7) is 0. The molecule has 1 atom stereocenters. The minimum Gasteiger partial charge on any atom is -0.507 e.